The van der Waals surface area contributed by atoms with Crippen molar-refractivity contribution < 1.29 is 19.4 Å². The molecule has 3 fully saturated rings. The van der Waals surface area contributed by atoms with Crippen LogP contribution in [0.4, 0.5) is 0 Å². The fraction of sp³-hybridized carbons (Fsp3) is 0.636. The molecule has 3 saturated heterocycles. The molecule has 1 aromatic rings. The van der Waals surface area contributed by atoms with Gasteiger partial charge in [-0.2, -0.15) is 0 Å². The van der Waals surface area contributed by atoms with E-state index in [1.54, 1.807) is 0 Å². The molecule has 3 heterocycles. The Balaban J connectivity index is 1.59. The van der Waals surface area contributed by atoms with Gasteiger partial charge in [-0.05, 0) is 43.4 Å². The van der Waals surface area contributed by atoms with Crippen LogP contribution >= 0.6 is 11.6 Å². The van der Waals surface area contributed by atoms with E-state index in [4.69, 9.17) is 16.3 Å². The Labute approximate surface area is 176 Å². The van der Waals surface area contributed by atoms with Crippen LogP contribution in [0, 0.1) is 5.92 Å². The predicted molar refractivity (Wildman–Crippen MR) is 110 cm³/mol. The Morgan fingerprint density at radius 1 is 1.31 bits per heavy atom. The number of amides is 1. The second-order valence-electron chi connectivity index (χ2n) is 8.55. The molecule has 2 bridgehead atoms. The molecule has 1 aromatic carbocycles. The minimum Gasteiger partial charge on any atom is -0.481 e. The SMILES string of the molecule is CCC(CN1CC2CC1CO2)N1C(=O)C(CC(=O)O)CCC1c1ccc(Cl)cc1. The molecule has 3 aliphatic rings. The second-order valence-corrected chi connectivity index (χ2v) is 8.98. The molecule has 5 atom stereocenters. The Morgan fingerprint density at radius 3 is 2.66 bits per heavy atom. The van der Waals surface area contributed by atoms with E-state index in [2.05, 4.69) is 11.8 Å². The topological polar surface area (TPSA) is 70.1 Å². The van der Waals surface area contributed by atoms with Crippen LogP contribution in [-0.4, -0.2) is 64.7 Å². The maximum Gasteiger partial charge on any atom is 0.304 e. The number of carboxylic acids is 1. The van der Waals surface area contributed by atoms with Crippen molar-refractivity contribution in [3.05, 3.63) is 34.9 Å². The van der Waals surface area contributed by atoms with Crippen LogP contribution in [0.1, 0.15) is 50.6 Å². The molecule has 158 valence electrons. The van der Waals surface area contributed by atoms with Crippen molar-refractivity contribution in [2.24, 2.45) is 5.92 Å². The maximum atomic E-state index is 13.4. The van der Waals surface area contributed by atoms with Crippen LogP contribution in [0.3, 0.4) is 0 Å². The van der Waals surface area contributed by atoms with Gasteiger partial charge in [0, 0.05) is 36.1 Å². The minimum absolute atomic E-state index is 0.0222. The molecule has 0 aromatic heterocycles. The van der Waals surface area contributed by atoms with Crippen molar-refractivity contribution in [3.8, 4) is 0 Å². The Hall–Kier alpha value is -1.63. The highest BCUT2D eigenvalue weighted by atomic mass is 35.5. The summed E-state index contributed by atoms with van der Waals surface area (Å²) in [4.78, 5) is 29.2. The first kappa shape index (κ1) is 20.6. The van der Waals surface area contributed by atoms with Crippen LogP contribution < -0.4 is 0 Å². The number of hydrogen-bond donors (Lipinski definition) is 1. The smallest absolute Gasteiger partial charge is 0.304 e. The van der Waals surface area contributed by atoms with Gasteiger partial charge in [0.1, 0.15) is 0 Å². The Kier molecular flexibility index (Phi) is 6.13. The van der Waals surface area contributed by atoms with E-state index in [9.17, 15) is 14.7 Å². The quantitative estimate of drug-likeness (QED) is 0.732. The molecular formula is C22H29ClN2O4. The summed E-state index contributed by atoms with van der Waals surface area (Å²) in [6.07, 6.45) is 3.52. The number of benzene rings is 1. The lowest BCUT2D eigenvalue weighted by Gasteiger charge is -2.45. The van der Waals surface area contributed by atoms with Gasteiger partial charge in [0.25, 0.3) is 0 Å². The highest BCUT2D eigenvalue weighted by Gasteiger charge is 2.44. The van der Waals surface area contributed by atoms with Crippen molar-refractivity contribution in [2.45, 2.75) is 63.3 Å². The van der Waals surface area contributed by atoms with E-state index in [1.165, 1.54) is 0 Å². The molecule has 5 unspecified atom stereocenters. The summed E-state index contributed by atoms with van der Waals surface area (Å²) in [5.74, 6) is -1.37. The van der Waals surface area contributed by atoms with Gasteiger partial charge in [-0.25, -0.2) is 0 Å². The summed E-state index contributed by atoms with van der Waals surface area (Å²) >= 11 is 6.07. The molecule has 6 nitrogen and oxygen atoms in total. The Bertz CT molecular complexity index is 756. The van der Waals surface area contributed by atoms with Crippen LogP contribution in [0.25, 0.3) is 0 Å². The number of carboxylic acid groups (broad SMARTS) is 1. The molecule has 29 heavy (non-hydrogen) atoms. The first-order valence-corrected chi connectivity index (χ1v) is 11.0. The fourth-order valence-corrected chi connectivity index (χ4v) is 5.35. The Morgan fingerprint density at radius 2 is 2.07 bits per heavy atom. The number of aliphatic carboxylic acids is 1. The van der Waals surface area contributed by atoms with Crippen molar-refractivity contribution in [2.75, 3.05) is 19.7 Å². The van der Waals surface area contributed by atoms with E-state index in [-0.39, 0.29) is 24.4 Å². The first-order valence-electron chi connectivity index (χ1n) is 10.6. The van der Waals surface area contributed by atoms with Crippen molar-refractivity contribution in [1.29, 1.82) is 0 Å². The van der Waals surface area contributed by atoms with Crippen LogP contribution in [-0.2, 0) is 14.3 Å². The summed E-state index contributed by atoms with van der Waals surface area (Å²) in [5.41, 5.74) is 1.07. The van der Waals surface area contributed by atoms with Gasteiger partial charge >= 0.3 is 5.97 Å². The average Bonchev–Trinajstić information content (AvgIpc) is 3.31. The molecule has 4 rings (SSSR count). The zero-order valence-corrected chi connectivity index (χ0v) is 17.6. The number of carbonyl (C=O) groups is 2. The van der Waals surface area contributed by atoms with Crippen molar-refractivity contribution in [3.63, 3.8) is 0 Å². The third-order valence-corrected chi connectivity index (χ3v) is 6.98. The molecule has 0 saturated carbocycles. The number of piperidine rings is 1. The van der Waals surface area contributed by atoms with Gasteiger partial charge in [-0.15, -0.1) is 0 Å². The van der Waals surface area contributed by atoms with Crippen LogP contribution in [0.15, 0.2) is 24.3 Å². The summed E-state index contributed by atoms with van der Waals surface area (Å²) in [7, 11) is 0. The molecular weight excluding hydrogens is 392 g/mol. The third-order valence-electron chi connectivity index (χ3n) is 6.73. The number of halogens is 1. The van der Waals surface area contributed by atoms with E-state index in [0.29, 0.717) is 23.6 Å². The largest absolute Gasteiger partial charge is 0.481 e. The van der Waals surface area contributed by atoms with Gasteiger partial charge in [-0.1, -0.05) is 30.7 Å². The molecule has 1 amide bonds. The number of fused-ring (bicyclic) bond motifs is 2. The monoisotopic (exact) mass is 420 g/mol. The summed E-state index contributed by atoms with van der Waals surface area (Å²) in [6.45, 7) is 4.63. The zero-order valence-electron chi connectivity index (χ0n) is 16.8. The van der Waals surface area contributed by atoms with E-state index < -0.39 is 11.9 Å². The lowest BCUT2D eigenvalue weighted by molar-refractivity contribution is -0.152. The van der Waals surface area contributed by atoms with Crippen molar-refractivity contribution >= 4 is 23.5 Å². The van der Waals surface area contributed by atoms with Gasteiger partial charge in [0.15, 0.2) is 0 Å². The van der Waals surface area contributed by atoms with E-state index >= 15 is 0 Å². The maximum absolute atomic E-state index is 13.4. The van der Waals surface area contributed by atoms with Crippen molar-refractivity contribution in [1.82, 2.24) is 9.80 Å². The molecule has 0 aliphatic carbocycles. The second kappa shape index (κ2) is 8.62. The van der Waals surface area contributed by atoms with Gasteiger partial charge in [0.05, 0.1) is 25.2 Å². The van der Waals surface area contributed by atoms with Gasteiger partial charge in [0.2, 0.25) is 5.91 Å². The van der Waals surface area contributed by atoms with Crippen LogP contribution in [0.5, 0.6) is 0 Å². The summed E-state index contributed by atoms with van der Waals surface area (Å²) < 4.78 is 5.73. The number of hydrogen-bond acceptors (Lipinski definition) is 4. The number of likely N-dealkylation sites (tertiary alicyclic amines) is 2. The third kappa shape index (κ3) is 4.30. The number of rotatable bonds is 7. The molecule has 0 spiro atoms. The van der Waals surface area contributed by atoms with Gasteiger partial charge in [-0.3, -0.25) is 14.5 Å². The number of ether oxygens (including phenoxy) is 1. The highest BCUT2D eigenvalue weighted by Crippen LogP contribution is 2.39. The molecule has 7 heteroatoms. The summed E-state index contributed by atoms with van der Waals surface area (Å²) in [6, 6.07) is 8.16. The molecule has 3 aliphatic heterocycles. The van der Waals surface area contributed by atoms with E-state index in [1.807, 2.05) is 29.2 Å². The van der Waals surface area contributed by atoms with Gasteiger partial charge < -0.3 is 14.7 Å². The lowest BCUT2D eigenvalue weighted by atomic mass is 9.85. The summed E-state index contributed by atoms with van der Waals surface area (Å²) in [5, 5.41) is 9.95. The number of morpholine rings is 1. The highest BCUT2D eigenvalue weighted by molar-refractivity contribution is 6.30. The molecule has 1 N–H and O–H groups in total. The van der Waals surface area contributed by atoms with E-state index in [0.717, 1.165) is 44.5 Å². The normalized spacial score (nSPS) is 30.7. The number of nitrogens with zero attached hydrogens (tertiary/aromatic N) is 2. The standard InChI is InChI=1S/C22H29ClN2O4/c1-2-17(11-24-12-19-10-18(24)13-29-19)25-20(14-3-6-16(23)7-4-14)8-5-15(22(25)28)9-21(26)27/h3-4,6-7,15,17-20H,2,5,8-13H2,1H3,(H,26,27). The van der Waals surface area contributed by atoms with Crippen LogP contribution in [0.2, 0.25) is 5.02 Å². The predicted octanol–water partition coefficient (Wildman–Crippen LogP) is 3.35. The average molecular weight is 421 g/mol. The fourth-order valence-electron chi connectivity index (χ4n) is 5.22. The molecule has 0 radical (unpaired) electrons. The zero-order chi connectivity index (χ0) is 20.5. The number of carbonyl (C=O) groups excluding carboxylic acids is 1. The lowest BCUT2D eigenvalue weighted by Crippen LogP contribution is -2.54. The minimum atomic E-state index is -0.907. The first-order chi connectivity index (χ1) is 14.0.